The van der Waals surface area contributed by atoms with E-state index in [0.29, 0.717) is 28.7 Å². The van der Waals surface area contributed by atoms with Gasteiger partial charge in [-0.3, -0.25) is 14.2 Å². The summed E-state index contributed by atoms with van der Waals surface area (Å²) in [5.74, 6) is -0.236. The zero-order valence-electron chi connectivity index (χ0n) is 16.3. The highest BCUT2D eigenvalue weighted by Crippen LogP contribution is 2.35. The molecule has 5 rings (SSSR count). The van der Waals surface area contributed by atoms with Crippen LogP contribution in [0.15, 0.2) is 43.0 Å². The van der Waals surface area contributed by atoms with Gasteiger partial charge in [0.15, 0.2) is 5.65 Å². The number of hydrogen-bond donors (Lipinski definition) is 2. The Kier molecular flexibility index (Phi) is 4.68. The number of nitrogens with one attached hydrogen (secondary N) is 2. The Morgan fingerprint density at radius 3 is 3.03 bits per heavy atom. The molecule has 1 amide bonds. The highest BCUT2D eigenvalue weighted by molar-refractivity contribution is 5.83. The molecule has 3 heterocycles. The molecule has 2 bridgehead atoms. The molecule has 2 fully saturated rings. The molecule has 2 aliphatic rings. The Morgan fingerprint density at radius 1 is 1.40 bits per heavy atom. The molecule has 1 saturated heterocycles. The van der Waals surface area contributed by atoms with Gasteiger partial charge >= 0.3 is 0 Å². The fourth-order valence-corrected chi connectivity index (χ4v) is 4.69. The quantitative estimate of drug-likeness (QED) is 0.680. The molecule has 1 aliphatic heterocycles. The Morgan fingerprint density at radius 2 is 2.30 bits per heavy atom. The third kappa shape index (κ3) is 3.31. The Balaban J connectivity index is 1.30. The monoisotopic (exact) mass is 404 g/mol. The maximum atomic E-state index is 14.8. The number of halogens is 1. The number of piperidine rings is 1. The van der Waals surface area contributed by atoms with Crippen molar-refractivity contribution >= 4 is 11.6 Å². The summed E-state index contributed by atoms with van der Waals surface area (Å²) in [6.07, 6.45) is 10.0. The summed E-state index contributed by atoms with van der Waals surface area (Å²) in [6, 6.07) is 6.39. The minimum atomic E-state index is -0.777. The van der Waals surface area contributed by atoms with Crippen LogP contribution in [-0.4, -0.2) is 38.4 Å². The molecular formula is C22H21FN6O. The zero-order chi connectivity index (χ0) is 20.7. The van der Waals surface area contributed by atoms with Crippen LogP contribution in [0, 0.1) is 23.1 Å². The summed E-state index contributed by atoms with van der Waals surface area (Å²) in [7, 11) is 0. The second-order valence-electron chi connectivity index (χ2n) is 8.06. The number of fused-ring (bicyclic) bond motifs is 3. The van der Waals surface area contributed by atoms with Gasteiger partial charge in [-0.25, -0.2) is 9.37 Å². The van der Waals surface area contributed by atoms with Gasteiger partial charge in [0.25, 0.3) is 0 Å². The number of hydrogen-bond acceptors (Lipinski definition) is 5. The predicted molar refractivity (Wildman–Crippen MR) is 108 cm³/mol. The first kappa shape index (κ1) is 18.7. The normalized spacial score (nSPS) is 23.4. The number of benzene rings is 1. The SMILES string of the molecule is N#C[C@H](Cc1ccc(-c2cnc3cnccn23)cc1F)NC(=O)[C@H]1N[C@@H]2CC[C@H]1C2. The number of nitrogens with zero attached hydrogens (tertiary/aromatic N) is 4. The summed E-state index contributed by atoms with van der Waals surface area (Å²) in [5.41, 5.74) is 2.50. The number of aromatic nitrogens is 3. The molecule has 1 aliphatic carbocycles. The largest absolute Gasteiger partial charge is 0.339 e. The highest BCUT2D eigenvalue weighted by Gasteiger charge is 2.43. The molecule has 0 spiro atoms. The number of imidazole rings is 1. The Bertz CT molecular complexity index is 1150. The van der Waals surface area contributed by atoms with Crippen LogP contribution in [-0.2, 0) is 11.2 Å². The van der Waals surface area contributed by atoms with E-state index in [0.717, 1.165) is 25.0 Å². The summed E-state index contributed by atoms with van der Waals surface area (Å²) < 4.78 is 16.7. The summed E-state index contributed by atoms with van der Waals surface area (Å²) in [4.78, 5) is 20.9. The van der Waals surface area contributed by atoms with E-state index >= 15 is 0 Å². The van der Waals surface area contributed by atoms with Crippen LogP contribution in [0.5, 0.6) is 0 Å². The van der Waals surface area contributed by atoms with Gasteiger partial charge < -0.3 is 10.6 Å². The Labute approximate surface area is 173 Å². The van der Waals surface area contributed by atoms with Crippen molar-refractivity contribution in [3.8, 4) is 17.3 Å². The lowest BCUT2D eigenvalue weighted by molar-refractivity contribution is -0.124. The summed E-state index contributed by atoms with van der Waals surface area (Å²) in [5, 5.41) is 15.6. The van der Waals surface area contributed by atoms with Crippen molar-refractivity contribution in [3.05, 3.63) is 54.4 Å². The molecule has 2 aromatic heterocycles. The van der Waals surface area contributed by atoms with Gasteiger partial charge in [-0.1, -0.05) is 12.1 Å². The van der Waals surface area contributed by atoms with Crippen LogP contribution in [0.2, 0.25) is 0 Å². The topological polar surface area (TPSA) is 95.1 Å². The van der Waals surface area contributed by atoms with Crippen molar-refractivity contribution in [1.82, 2.24) is 25.0 Å². The van der Waals surface area contributed by atoms with Gasteiger partial charge in [-0.15, -0.1) is 0 Å². The molecule has 1 saturated carbocycles. The van der Waals surface area contributed by atoms with Crippen LogP contribution in [0.1, 0.15) is 24.8 Å². The van der Waals surface area contributed by atoms with Crippen molar-refractivity contribution in [2.24, 2.45) is 5.92 Å². The molecule has 1 aromatic carbocycles. The van der Waals surface area contributed by atoms with E-state index in [1.165, 1.54) is 6.07 Å². The first-order valence-corrected chi connectivity index (χ1v) is 10.1. The lowest BCUT2D eigenvalue weighted by Gasteiger charge is -2.23. The lowest BCUT2D eigenvalue weighted by atomic mass is 9.98. The molecule has 2 N–H and O–H groups in total. The van der Waals surface area contributed by atoms with E-state index in [2.05, 4.69) is 26.7 Å². The van der Waals surface area contributed by atoms with Crippen molar-refractivity contribution in [1.29, 1.82) is 5.26 Å². The predicted octanol–water partition coefficient (Wildman–Crippen LogP) is 2.23. The van der Waals surface area contributed by atoms with Crippen LogP contribution >= 0.6 is 0 Å². The van der Waals surface area contributed by atoms with Crippen LogP contribution < -0.4 is 10.6 Å². The molecule has 0 radical (unpaired) electrons. The number of carbonyl (C=O) groups is 1. The second-order valence-corrected chi connectivity index (χ2v) is 8.06. The highest BCUT2D eigenvalue weighted by atomic mass is 19.1. The van der Waals surface area contributed by atoms with Gasteiger partial charge in [0, 0.05) is 30.4 Å². The number of rotatable bonds is 5. The molecule has 30 heavy (non-hydrogen) atoms. The second kappa shape index (κ2) is 7.50. The average Bonchev–Trinajstić information content (AvgIpc) is 3.50. The minimum Gasteiger partial charge on any atom is -0.339 e. The maximum Gasteiger partial charge on any atom is 0.238 e. The fourth-order valence-electron chi connectivity index (χ4n) is 4.69. The van der Waals surface area contributed by atoms with Crippen molar-refractivity contribution in [2.75, 3.05) is 0 Å². The average molecular weight is 404 g/mol. The zero-order valence-corrected chi connectivity index (χ0v) is 16.3. The molecule has 4 atom stereocenters. The van der Waals surface area contributed by atoms with Gasteiger partial charge in [0.05, 0.1) is 30.2 Å². The standard InChI is InChI=1S/C22H21FN6O/c23-18-9-14(19-11-26-20-12-25-5-6-29(19)20)2-1-13(18)7-17(10-24)28-22(30)21-15-3-4-16(8-15)27-21/h1-2,5-6,9,11-12,15-17,21,27H,3-4,7-8H2,(H,28,30)/t15-,16+,17-,21-/m0/s1. The molecule has 0 unspecified atom stereocenters. The number of carbonyl (C=O) groups excluding carboxylic acids is 1. The molecule has 8 heteroatoms. The van der Waals surface area contributed by atoms with Gasteiger partial charge in [0.2, 0.25) is 5.91 Å². The van der Waals surface area contributed by atoms with Crippen molar-refractivity contribution < 1.29 is 9.18 Å². The van der Waals surface area contributed by atoms with E-state index in [1.54, 1.807) is 36.9 Å². The van der Waals surface area contributed by atoms with E-state index in [-0.39, 0.29) is 18.4 Å². The Hall–Kier alpha value is -3.31. The van der Waals surface area contributed by atoms with Crippen molar-refractivity contribution in [3.63, 3.8) is 0 Å². The first-order chi connectivity index (χ1) is 14.6. The molecule has 3 aromatic rings. The van der Waals surface area contributed by atoms with E-state index in [4.69, 9.17) is 0 Å². The number of nitriles is 1. The summed E-state index contributed by atoms with van der Waals surface area (Å²) >= 11 is 0. The van der Waals surface area contributed by atoms with E-state index < -0.39 is 11.9 Å². The molecule has 152 valence electrons. The fraction of sp³-hybridized carbons (Fsp3) is 0.364. The first-order valence-electron chi connectivity index (χ1n) is 10.1. The van der Waals surface area contributed by atoms with Crippen molar-refractivity contribution in [2.45, 2.75) is 43.8 Å². The van der Waals surface area contributed by atoms with Crippen LogP contribution in [0.3, 0.4) is 0 Å². The van der Waals surface area contributed by atoms with Gasteiger partial charge in [-0.2, -0.15) is 5.26 Å². The lowest BCUT2D eigenvalue weighted by Crippen LogP contribution is -2.50. The molecule has 7 nitrogen and oxygen atoms in total. The van der Waals surface area contributed by atoms with Crippen LogP contribution in [0.4, 0.5) is 4.39 Å². The van der Waals surface area contributed by atoms with E-state index in [1.807, 2.05) is 4.40 Å². The number of amides is 1. The third-order valence-corrected chi connectivity index (χ3v) is 6.20. The minimum absolute atomic E-state index is 0.117. The molecular weight excluding hydrogens is 383 g/mol. The third-order valence-electron chi connectivity index (χ3n) is 6.20. The van der Waals surface area contributed by atoms with E-state index in [9.17, 15) is 14.4 Å². The van der Waals surface area contributed by atoms with Crippen LogP contribution in [0.25, 0.3) is 16.9 Å². The van der Waals surface area contributed by atoms with Gasteiger partial charge in [-0.05, 0) is 36.8 Å². The maximum absolute atomic E-state index is 14.8. The smallest absolute Gasteiger partial charge is 0.238 e. The van der Waals surface area contributed by atoms with Gasteiger partial charge in [0.1, 0.15) is 11.9 Å². The summed E-state index contributed by atoms with van der Waals surface area (Å²) in [6.45, 7) is 0.